The van der Waals surface area contributed by atoms with Crippen molar-refractivity contribution >= 4 is 0 Å². The molecule has 18 heavy (non-hydrogen) atoms. The molecule has 1 aliphatic rings. The summed E-state index contributed by atoms with van der Waals surface area (Å²) < 4.78 is 5.25. The molecule has 0 saturated heterocycles. The lowest BCUT2D eigenvalue weighted by atomic mass is 10.1. The third-order valence-corrected chi connectivity index (χ3v) is 3.00. The number of phenolic OH excluding ortho intramolecular Hbond substituents is 1. The van der Waals surface area contributed by atoms with E-state index in [2.05, 4.69) is 10.1 Å². The fraction of sp³-hybridized carbons (Fsp3) is 0.231. The van der Waals surface area contributed by atoms with Gasteiger partial charge in [0.1, 0.15) is 5.75 Å². The largest absolute Gasteiger partial charge is 0.508 e. The van der Waals surface area contributed by atoms with Crippen molar-refractivity contribution in [3.05, 3.63) is 42.3 Å². The van der Waals surface area contributed by atoms with Crippen LogP contribution in [0.5, 0.6) is 5.75 Å². The summed E-state index contributed by atoms with van der Waals surface area (Å²) in [6, 6.07) is 6.76. The van der Waals surface area contributed by atoms with Gasteiger partial charge in [-0.2, -0.15) is 4.98 Å². The Kier molecular flexibility index (Phi) is 2.60. The van der Waals surface area contributed by atoms with Crippen molar-refractivity contribution in [3.8, 4) is 17.1 Å². The standard InChI is InChI=1S/C13H13N3O2/c14-10-4-1-9(7-10)13-15-12(16-18-13)8-2-5-11(17)6-3-8/h1-6,9-10,17H,7,14H2. The first-order valence-electron chi connectivity index (χ1n) is 5.79. The number of hydrogen-bond donors (Lipinski definition) is 2. The van der Waals surface area contributed by atoms with Crippen LogP contribution in [0.25, 0.3) is 11.4 Å². The Balaban J connectivity index is 1.85. The first-order chi connectivity index (χ1) is 8.72. The van der Waals surface area contributed by atoms with Gasteiger partial charge in [0.05, 0.1) is 5.92 Å². The zero-order chi connectivity index (χ0) is 12.5. The van der Waals surface area contributed by atoms with E-state index in [0.29, 0.717) is 11.7 Å². The average molecular weight is 243 g/mol. The fourth-order valence-corrected chi connectivity index (χ4v) is 2.02. The molecule has 0 radical (unpaired) electrons. The summed E-state index contributed by atoms with van der Waals surface area (Å²) in [7, 11) is 0. The first-order valence-corrected chi connectivity index (χ1v) is 5.79. The van der Waals surface area contributed by atoms with E-state index < -0.39 is 0 Å². The quantitative estimate of drug-likeness (QED) is 0.786. The van der Waals surface area contributed by atoms with Gasteiger partial charge in [0.15, 0.2) is 0 Å². The van der Waals surface area contributed by atoms with E-state index in [1.807, 2.05) is 12.2 Å². The second kappa shape index (κ2) is 4.27. The van der Waals surface area contributed by atoms with Gasteiger partial charge in [0, 0.05) is 11.6 Å². The first kappa shape index (κ1) is 11.0. The van der Waals surface area contributed by atoms with Crippen LogP contribution in [0.2, 0.25) is 0 Å². The second-order valence-corrected chi connectivity index (χ2v) is 4.39. The molecule has 0 fully saturated rings. The van der Waals surface area contributed by atoms with Crippen LogP contribution in [-0.2, 0) is 0 Å². The molecule has 5 nitrogen and oxygen atoms in total. The van der Waals surface area contributed by atoms with Gasteiger partial charge in [-0.25, -0.2) is 0 Å². The topological polar surface area (TPSA) is 85.2 Å². The predicted molar refractivity (Wildman–Crippen MR) is 65.9 cm³/mol. The number of nitrogens with zero attached hydrogens (tertiary/aromatic N) is 2. The van der Waals surface area contributed by atoms with E-state index in [-0.39, 0.29) is 17.7 Å². The normalized spacial score (nSPS) is 22.5. The molecule has 0 amide bonds. The highest BCUT2D eigenvalue weighted by molar-refractivity contribution is 5.55. The van der Waals surface area contributed by atoms with E-state index >= 15 is 0 Å². The Morgan fingerprint density at radius 3 is 2.67 bits per heavy atom. The van der Waals surface area contributed by atoms with Crippen LogP contribution in [0, 0.1) is 0 Å². The third kappa shape index (κ3) is 2.00. The van der Waals surface area contributed by atoms with Crippen LogP contribution < -0.4 is 5.73 Å². The van der Waals surface area contributed by atoms with Gasteiger partial charge in [-0.3, -0.25) is 0 Å². The monoisotopic (exact) mass is 243 g/mol. The molecule has 3 rings (SSSR count). The molecule has 0 saturated carbocycles. The zero-order valence-electron chi connectivity index (χ0n) is 9.65. The molecule has 2 unspecified atom stereocenters. The summed E-state index contributed by atoms with van der Waals surface area (Å²) in [5.74, 6) is 1.44. The SMILES string of the molecule is NC1C=CC(c2nc(-c3ccc(O)cc3)no2)C1. The second-order valence-electron chi connectivity index (χ2n) is 4.39. The lowest BCUT2D eigenvalue weighted by Crippen LogP contribution is -2.14. The highest BCUT2D eigenvalue weighted by atomic mass is 16.5. The Morgan fingerprint density at radius 2 is 2.00 bits per heavy atom. The molecule has 1 aliphatic carbocycles. The van der Waals surface area contributed by atoms with Crippen molar-refractivity contribution in [1.82, 2.24) is 10.1 Å². The summed E-state index contributed by atoms with van der Waals surface area (Å²) >= 11 is 0. The molecule has 1 heterocycles. The van der Waals surface area contributed by atoms with Crippen LogP contribution in [0.1, 0.15) is 18.2 Å². The Bertz CT molecular complexity index is 574. The zero-order valence-corrected chi connectivity index (χ0v) is 9.65. The molecule has 2 aromatic rings. The van der Waals surface area contributed by atoms with Crippen LogP contribution in [0.15, 0.2) is 40.9 Å². The van der Waals surface area contributed by atoms with Crippen LogP contribution >= 0.6 is 0 Å². The minimum Gasteiger partial charge on any atom is -0.508 e. The highest BCUT2D eigenvalue weighted by Gasteiger charge is 2.23. The number of phenols is 1. The van der Waals surface area contributed by atoms with Gasteiger partial charge in [-0.1, -0.05) is 17.3 Å². The minimum absolute atomic E-state index is 0.0685. The van der Waals surface area contributed by atoms with Crippen molar-refractivity contribution in [2.75, 3.05) is 0 Å². The van der Waals surface area contributed by atoms with E-state index in [4.69, 9.17) is 10.3 Å². The number of aromatic nitrogens is 2. The maximum absolute atomic E-state index is 9.22. The van der Waals surface area contributed by atoms with E-state index in [0.717, 1.165) is 12.0 Å². The van der Waals surface area contributed by atoms with Crippen LogP contribution in [0.4, 0.5) is 0 Å². The molecule has 5 heteroatoms. The summed E-state index contributed by atoms with van der Waals surface area (Å²) in [5, 5.41) is 13.2. The average Bonchev–Trinajstić information content (AvgIpc) is 2.98. The van der Waals surface area contributed by atoms with Crippen molar-refractivity contribution in [2.24, 2.45) is 5.73 Å². The predicted octanol–water partition coefficient (Wildman–Crippen LogP) is 1.81. The van der Waals surface area contributed by atoms with Gasteiger partial charge in [-0.05, 0) is 30.7 Å². The Morgan fingerprint density at radius 1 is 1.22 bits per heavy atom. The lowest BCUT2D eigenvalue weighted by Gasteiger charge is -2.01. The molecule has 0 spiro atoms. The van der Waals surface area contributed by atoms with Crippen molar-refractivity contribution in [2.45, 2.75) is 18.4 Å². The smallest absolute Gasteiger partial charge is 0.233 e. The summed E-state index contributed by atoms with van der Waals surface area (Å²) in [6.07, 6.45) is 4.76. The number of nitrogens with two attached hydrogens (primary N) is 1. The van der Waals surface area contributed by atoms with Gasteiger partial charge in [0.25, 0.3) is 0 Å². The number of hydrogen-bond acceptors (Lipinski definition) is 5. The van der Waals surface area contributed by atoms with Gasteiger partial charge in [-0.15, -0.1) is 0 Å². The van der Waals surface area contributed by atoms with Crippen molar-refractivity contribution in [3.63, 3.8) is 0 Å². The molecule has 3 N–H and O–H groups in total. The van der Waals surface area contributed by atoms with Gasteiger partial charge >= 0.3 is 0 Å². The number of allylic oxidation sites excluding steroid dienone is 1. The molecule has 92 valence electrons. The maximum atomic E-state index is 9.22. The molecule has 1 aromatic heterocycles. The minimum atomic E-state index is 0.0685. The van der Waals surface area contributed by atoms with Crippen LogP contribution in [-0.4, -0.2) is 21.3 Å². The van der Waals surface area contributed by atoms with E-state index in [1.165, 1.54) is 0 Å². The molecule has 2 atom stereocenters. The van der Waals surface area contributed by atoms with Gasteiger partial charge in [0.2, 0.25) is 11.7 Å². The Hall–Kier alpha value is -2.14. The van der Waals surface area contributed by atoms with E-state index in [9.17, 15) is 5.11 Å². The van der Waals surface area contributed by atoms with Crippen molar-refractivity contribution < 1.29 is 9.63 Å². The fourth-order valence-electron chi connectivity index (χ4n) is 2.02. The summed E-state index contributed by atoms with van der Waals surface area (Å²) in [4.78, 5) is 4.36. The van der Waals surface area contributed by atoms with Crippen molar-refractivity contribution in [1.29, 1.82) is 0 Å². The summed E-state index contributed by atoms with van der Waals surface area (Å²) in [5.41, 5.74) is 6.61. The highest BCUT2D eigenvalue weighted by Crippen LogP contribution is 2.28. The van der Waals surface area contributed by atoms with Gasteiger partial charge < -0.3 is 15.4 Å². The lowest BCUT2D eigenvalue weighted by molar-refractivity contribution is 0.365. The van der Waals surface area contributed by atoms with E-state index in [1.54, 1.807) is 24.3 Å². The Labute approximate surface area is 104 Å². The molecule has 1 aromatic carbocycles. The number of rotatable bonds is 2. The molecule has 0 aliphatic heterocycles. The van der Waals surface area contributed by atoms with Crippen LogP contribution in [0.3, 0.4) is 0 Å². The molecule has 0 bridgehead atoms. The number of aromatic hydroxyl groups is 1. The third-order valence-electron chi connectivity index (χ3n) is 3.00. The number of benzene rings is 1. The molecular formula is C13H13N3O2. The molecular weight excluding hydrogens is 230 g/mol. The maximum Gasteiger partial charge on any atom is 0.233 e. The summed E-state index contributed by atoms with van der Waals surface area (Å²) in [6.45, 7) is 0.